The van der Waals surface area contributed by atoms with Gasteiger partial charge in [-0.2, -0.15) is 0 Å². The molecule has 0 aromatic heterocycles. The van der Waals surface area contributed by atoms with E-state index in [1.54, 1.807) is 12.1 Å². The largest absolute Gasteiger partial charge is 0.375 e. The first kappa shape index (κ1) is 18.3. The van der Waals surface area contributed by atoms with E-state index >= 15 is 0 Å². The Morgan fingerprint density at radius 3 is 3.16 bits per heavy atom. The molecule has 1 aromatic carbocycles. The third kappa shape index (κ3) is 5.00. The summed E-state index contributed by atoms with van der Waals surface area (Å²) in [6, 6.07) is 6.79. The Morgan fingerprint density at radius 2 is 2.36 bits per heavy atom. The van der Waals surface area contributed by atoms with Gasteiger partial charge in [0.2, 0.25) is 5.91 Å². The van der Waals surface area contributed by atoms with Gasteiger partial charge in [0.05, 0.1) is 11.7 Å². The van der Waals surface area contributed by atoms with Gasteiger partial charge in [-0.1, -0.05) is 12.1 Å². The fourth-order valence-corrected chi connectivity index (χ4v) is 3.93. The maximum Gasteiger partial charge on any atom is 0.246 e. The fraction of sp³-hybridized carbons (Fsp3) is 0.632. The summed E-state index contributed by atoms with van der Waals surface area (Å²) in [5.74, 6) is -0.294. The van der Waals surface area contributed by atoms with Crippen molar-refractivity contribution in [3.8, 4) is 0 Å². The summed E-state index contributed by atoms with van der Waals surface area (Å²) < 4.78 is 24.6. The Bertz CT molecular complexity index is 598. The van der Waals surface area contributed by atoms with Gasteiger partial charge < -0.3 is 14.8 Å². The van der Waals surface area contributed by atoms with Crippen molar-refractivity contribution >= 4 is 5.91 Å². The molecule has 2 saturated heterocycles. The van der Waals surface area contributed by atoms with Gasteiger partial charge in [-0.3, -0.25) is 9.69 Å². The van der Waals surface area contributed by atoms with Gasteiger partial charge in [0.25, 0.3) is 0 Å². The lowest BCUT2D eigenvalue weighted by atomic mass is 9.90. The minimum absolute atomic E-state index is 0.0590. The molecule has 2 heterocycles. The molecule has 0 saturated carbocycles. The molecule has 1 spiro atoms. The highest BCUT2D eigenvalue weighted by Crippen LogP contribution is 2.37. The number of likely N-dealkylation sites (tertiary alicyclic amines) is 1. The first-order chi connectivity index (χ1) is 12.1. The predicted molar refractivity (Wildman–Crippen MR) is 92.6 cm³/mol. The van der Waals surface area contributed by atoms with E-state index in [2.05, 4.69) is 10.2 Å². The number of hydrogen-bond acceptors (Lipinski definition) is 4. The molecular weight excluding hydrogens is 323 g/mol. The molecular formula is C19H27FN2O3. The second-order valence-corrected chi connectivity index (χ2v) is 7.14. The Kier molecular flexibility index (Phi) is 6.04. The van der Waals surface area contributed by atoms with Crippen molar-refractivity contribution in [3.05, 3.63) is 35.6 Å². The smallest absolute Gasteiger partial charge is 0.246 e. The molecule has 0 aliphatic carbocycles. The summed E-state index contributed by atoms with van der Waals surface area (Å²) in [4.78, 5) is 13.9. The minimum atomic E-state index is -0.188. The molecule has 2 aliphatic heterocycles. The van der Waals surface area contributed by atoms with Crippen molar-refractivity contribution in [2.24, 2.45) is 0 Å². The number of nitrogens with one attached hydrogen (secondary N) is 1. The van der Waals surface area contributed by atoms with Crippen LogP contribution in [0.2, 0.25) is 0 Å². The summed E-state index contributed by atoms with van der Waals surface area (Å²) in [5.41, 5.74) is 0.874. The summed E-state index contributed by atoms with van der Waals surface area (Å²) in [7, 11) is 1.51. The Hall–Kier alpha value is -1.50. The predicted octanol–water partition coefficient (Wildman–Crippen LogP) is 2.10. The van der Waals surface area contributed by atoms with Gasteiger partial charge in [-0.05, 0) is 43.4 Å². The lowest BCUT2D eigenvalue weighted by Gasteiger charge is -2.39. The molecule has 0 radical (unpaired) electrons. The molecule has 2 aliphatic rings. The fourth-order valence-electron chi connectivity index (χ4n) is 3.93. The van der Waals surface area contributed by atoms with Crippen LogP contribution < -0.4 is 5.32 Å². The average molecular weight is 350 g/mol. The molecule has 2 fully saturated rings. The van der Waals surface area contributed by atoms with E-state index in [4.69, 9.17) is 9.47 Å². The van der Waals surface area contributed by atoms with Gasteiger partial charge in [0.1, 0.15) is 12.4 Å². The van der Waals surface area contributed by atoms with Crippen LogP contribution in [0.5, 0.6) is 0 Å². The number of methoxy groups -OCH3 is 1. The number of rotatable bonds is 6. The Labute approximate surface area is 148 Å². The highest BCUT2D eigenvalue weighted by Gasteiger charge is 2.42. The quantitative estimate of drug-likeness (QED) is 0.854. The van der Waals surface area contributed by atoms with Crippen LogP contribution in [-0.4, -0.2) is 55.9 Å². The van der Waals surface area contributed by atoms with Crippen molar-refractivity contribution in [1.82, 2.24) is 10.2 Å². The number of ether oxygens (including phenoxy) is 2. The highest BCUT2D eigenvalue weighted by molar-refractivity contribution is 5.77. The van der Waals surface area contributed by atoms with E-state index in [9.17, 15) is 9.18 Å². The minimum Gasteiger partial charge on any atom is -0.375 e. The van der Waals surface area contributed by atoms with Crippen LogP contribution in [0.4, 0.5) is 4.39 Å². The zero-order valence-electron chi connectivity index (χ0n) is 14.8. The molecule has 1 amide bonds. The van der Waals surface area contributed by atoms with Crippen LogP contribution >= 0.6 is 0 Å². The highest BCUT2D eigenvalue weighted by atomic mass is 19.1. The molecule has 3 rings (SSSR count). The van der Waals surface area contributed by atoms with Crippen molar-refractivity contribution in [3.63, 3.8) is 0 Å². The zero-order chi connectivity index (χ0) is 17.7. The summed E-state index contributed by atoms with van der Waals surface area (Å²) in [5, 5.41) is 2.87. The van der Waals surface area contributed by atoms with Gasteiger partial charge in [-0.15, -0.1) is 0 Å². The van der Waals surface area contributed by atoms with Gasteiger partial charge in [0.15, 0.2) is 0 Å². The van der Waals surface area contributed by atoms with Crippen molar-refractivity contribution in [2.45, 2.75) is 43.9 Å². The van der Waals surface area contributed by atoms with E-state index in [-0.39, 0.29) is 30.0 Å². The van der Waals surface area contributed by atoms with Gasteiger partial charge in [0, 0.05) is 33.3 Å². The Balaban J connectivity index is 1.51. The molecule has 6 heteroatoms. The van der Waals surface area contributed by atoms with Crippen molar-refractivity contribution in [2.75, 3.05) is 33.4 Å². The number of nitrogens with zero attached hydrogens (tertiary/aromatic N) is 1. The number of carbonyl (C=O) groups is 1. The van der Waals surface area contributed by atoms with E-state index in [0.29, 0.717) is 6.54 Å². The Morgan fingerprint density at radius 1 is 1.48 bits per heavy atom. The second kappa shape index (κ2) is 8.25. The molecule has 1 aromatic rings. The maximum absolute atomic E-state index is 13.4. The van der Waals surface area contributed by atoms with Crippen LogP contribution in [0.1, 0.15) is 31.2 Å². The lowest BCUT2D eigenvalue weighted by molar-refractivity contribution is -0.132. The number of amides is 1. The SMILES string of the molecule is COCC(=O)NC[C@@H]1CCC[C@@]2(CCN(Cc3cccc(F)c3)C2)O1. The summed E-state index contributed by atoms with van der Waals surface area (Å²) >= 11 is 0. The van der Waals surface area contributed by atoms with E-state index < -0.39 is 0 Å². The number of halogens is 1. The lowest BCUT2D eigenvalue weighted by Crippen LogP contribution is -2.47. The van der Waals surface area contributed by atoms with Crippen molar-refractivity contribution in [1.29, 1.82) is 0 Å². The standard InChI is InChI=1S/C19H27FN2O3/c1-24-13-18(23)21-11-17-6-3-7-19(25-17)8-9-22(14-19)12-15-4-2-5-16(20)10-15/h2,4-5,10,17H,3,6-9,11-14H2,1H3,(H,21,23)/t17-,19-/m0/s1. The van der Waals surface area contributed by atoms with Gasteiger partial charge in [-0.25, -0.2) is 4.39 Å². The molecule has 0 unspecified atom stereocenters. The van der Waals surface area contributed by atoms with Crippen LogP contribution in [0.3, 0.4) is 0 Å². The first-order valence-electron chi connectivity index (χ1n) is 8.99. The first-order valence-corrected chi connectivity index (χ1v) is 8.99. The van der Waals surface area contributed by atoms with E-state index in [1.165, 1.54) is 13.2 Å². The van der Waals surface area contributed by atoms with Crippen LogP contribution in [-0.2, 0) is 20.8 Å². The number of hydrogen-bond donors (Lipinski definition) is 1. The molecule has 138 valence electrons. The van der Waals surface area contributed by atoms with E-state index in [0.717, 1.165) is 50.9 Å². The maximum atomic E-state index is 13.4. The molecule has 25 heavy (non-hydrogen) atoms. The second-order valence-electron chi connectivity index (χ2n) is 7.14. The molecule has 1 N–H and O–H groups in total. The third-order valence-corrected chi connectivity index (χ3v) is 5.07. The number of carbonyl (C=O) groups excluding carboxylic acids is 1. The topological polar surface area (TPSA) is 50.8 Å². The van der Waals surface area contributed by atoms with E-state index in [1.807, 2.05) is 6.07 Å². The molecule has 0 bridgehead atoms. The zero-order valence-corrected chi connectivity index (χ0v) is 14.8. The van der Waals surface area contributed by atoms with Crippen LogP contribution in [0.15, 0.2) is 24.3 Å². The molecule has 2 atom stereocenters. The number of benzene rings is 1. The molecule has 5 nitrogen and oxygen atoms in total. The average Bonchev–Trinajstić information content (AvgIpc) is 2.95. The normalized spacial score (nSPS) is 26.9. The van der Waals surface area contributed by atoms with Crippen LogP contribution in [0, 0.1) is 5.82 Å². The monoisotopic (exact) mass is 350 g/mol. The van der Waals surface area contributed by atoms with Crippen LogP contribution in [0.25, 0.3) is 0 Å². The third-order valence-electron chi connectivity index (χ3n) is 5.07. The summed E-state index contributed by atoms with van der Waals surface area (Å²) in [6.45, 7) is 3.19. The van der Waals surface area contributed by atoms with Gasteiger partial charge >= 0.3 is 0 Å². The van der Waals surface area contributed by atoms with Crippen molar-refractivity contribution < 1.29 is 18.7 Å². The summed E-state index contributed by atoms with van der Waals surface area (Å²) in [6.07, 6.45) is 4.18.